The van der Waals surface area contributed by atoms with E-state index in [-0.39, 0.29) is 11.3 Å². The van der Waals surface area contributed by atoms with Crippen molar-refractivity contribution < 1.29 is 14.1 Å². The molecule has 1 amide bonds. The molecule has 0 aliphatic carbocycles. The number of nitrogens with zero attached hydrogens (tertiary/aromatic N) is 4. The third kappa shape index (κ3) is 3.87. The van der Waals surface area contributed by atoms with Gasteiger partial charge in [0.15, 0.2) is 5.76 Å². The van der Waals surface area contributed by atoms with Gasteiger partial charge < -0.3 is 9.73 Å². The van der Waals surface area contributed by atoms with Crippen LogP contribution in [-0.2, 0) is 0 Å². The van der Waals surface area contributed by atoms with E-state index in [1.807, 2.05) is 35.7 Å². The van der Waals surface area contributed by atoms with Crippen molar-refractivity contribution in [1.82, 2.24) is 14.8 Å². The Labute approximate surface area is 191 Å². The lowest BCUT2D eigenvalue weighted by Crippen LogP contribution is -2.15. The number of furan rings is 1. The van der Waals surface area contributed by atoms with Crippen LogP contribution in [0.25, 0.3) is 27.6 Å². The van der Waals surface area contributed by atoms with Crippen LogP contribution in [0, 0.1) is 24.0 Å². The monoisotopic (exact) mass is 459 g/mol. The zero-order chi connectivity index (χ0) is 23.1. The van der Waals surface area contributed by atoms with Crippen LogP contribution in [0.1, 0.15) is 21.6 Å². The third-order valence-corrected chi connectivity index (χ3v) is 5.91. The predicted octanol–water partition coefficient (Wildman–Crippen LogP) is 5.52. The second-order valence-corrected chi connectivity index (χ2v) is 8.30. The summed E-state index contributed by atoms with van der Waals surface area (Å²) < 4.78 is 7.43. The first kappa shape index (κ1) is 20.6. The lowest BCUT2D eigenvalue weighted by Gasteiger charge is -2.07. The number of hydrogen-bond donors (Lipinski definition) is 1. The molecule has 33 heavy (non-hydrogen) atoms. The average molecular weight is 459 g/mol. The second-order valence-electron chi connectivity index (χ2n) is 7.46. The van der Waals surface area contributed by atoms with Gasteiger partial charge in [-0.2, -0.15) is 9.78 Å². The first-order chi connectivity index (χ1) is 15.9. The lowest BCUT2D eigenvalue weighted by atomic mass is 10.1. The molecule has 0 saturated carbocycles. The standard InChI is InChI=1S/C23H17N5O4S/c1-13-7-8-16(10-18(13)28(30)31)22(29)25-21-9-14(2)26-27(21)23-24-17(12-33-23)20-11-15-5-3-4-6-19(15)32-20/h3-12H,1-2H3,(H,25,29). The summed E-state index contributed by atoms with van der Waals surface area (Å²) >= 11 is 1.35. The van der Waals surface area contributed by atoms with Crippen molar-refractivity contribution in [3.05, 3.63) is 86.9 Å². The van der Waals surface area contributed by atoms with Crippen LogP contribution >= 0.6 is 11.3 Å². The SMILES string of the molecule is Cc1cc(NC(=O)c2ccc(C)c([N+](=O)[O-])c2)n(-c2nc(-c3cc4ccccc4o3)cs2)n1. The summed E-state index contributed by atoms with van der Waals surface area (Å²) in [7, 11) is 0. The molecule has 5 aromatic rings. The maximum Gasteiger partial charge on any atom is 0.273 e. The normalized spacial score (nSPS) is 11.1. The summed E-state index contributed by atoms with van der Waals surface area (Å²) in [5.74, 6) is 0.569. The van der Waals surface area contributed by atoms with E-state index in [9.17, 15) is 14.9 Å². The van der Waals surface area contributed by atoms with Crippen LogP contribution in [-0.4, -0.2) is 25.6 Å². The van der Waals surface area contributed by atoms with Crippen molar-refractivity contribution in [1.29, 1.82) is 0 Å². The summed E-state index contributed by atoms with van der Waals surface area (Å²) in [5.41, 5.74) is 2.67. The van der Waals surface area contributed by atoms with Crippen molar-refractivity contribution >= 4 is 39.7 Å². The first-order valence-corrected chi connectivity index (χ1v) is 10.8. The molecule has 2 aromatic carbocycles. The van der Waals surface area contributed by atoms with Crippen LogP contribution in [0.3, 0.4) is 0 Å². The minimum absolute atomic E-state index is 0.109. The number of carbonyl (C=O) groups excluding carboxylic acids is 1. The topological polar surface area (TPSA) is 116 Å². The molecule has 0 fully saturated rings. The largest absolute Gasteiger partial charge is 0.454 e. The Morgan fingerprint density at radius 2 is 1.97 bits per heavy atom. The van der Waals surface area contributed by atoms with Crippen LogP contribution in [0.15, 0.2) is 64.4 Å². The zero-order valence-corrected chi connectivity index (χ0v) is 18.4. The van der Waals surface area contributed by atoms with Gasteiger partial charge in [-0.05, 0) is 32.0 Å². The van der Waals surface area contributed by atoms with E-state index in [0.29, 0.717) is 33.7 Å². The van der Waals surface area contributed by atoms with Crippen LogP contribution < -0.4 is 5.32 Å². The van der Waals surface area contributed by atoms with Gasteiger partial charge in [-0.3, -0.25) is 14.9 Å². The number of rotatable bonds is 5. The van der Waals surface area contributed by atoms with Gasteiger partial charge in [-0.1, -0.05) is 24.3 Å². The number of amides is 1. The Hall–Kier alpha value is -4.31. The number of thiazole rings is 1. The molecule has 5 rings (SSSR count). The van der Waals surface area contributed by atoms with Gasteiger partial charge in [0, 0.05) is 34.0 Å². The fourth-order valence-electron chi connectivity index (χ4n) is 3.45. The second kappa shape index (κ2) is 7.99. The first-order valence-electron chi connectivity index (χ1n) is 9.97. The highest BCUT2D eigenvalue weighted by Crippen LogP contribution is 2.31. The molecule has 1 N–H and O–H groups in total. The number of nitro benzene ring substituents is 1. The van der Waals surface area contributed by atoms with Crippen molar-refractivity contribution in [2.24, 2.45) is 0 Å². The Balaban J connectivity index is 1.44. The fourth-order valence-corrected chi connectivity index (χ4v) is 4.23. The molecule has 0 bridgehead atoms. The van der Waals surface area contributed by atoms with E-state index in [2.05, 4.69) is 15.4 Å². The molecule has 9 nitrogen and oxygen atoms in total. The number of nitro groups is 1. The molecule has 10 heteroatoms. The van der Waals surface area contributed by atoms with E-state index in [1.165, 1.54) is 22.1 Å². The highest BCUT2D eigenvalue weighted by Gasteiger charge is 2.19. The number of aromatic nitrogens is 3. The molecule has 164 valence electrons. The summed E-state index contributed by atoms with van der Waals surface area (Å²) in [4.78, 5) is 28.2. The third-order valence-electron chi connectivity index (χ3n) is 5.09. The maximum atomic E-state index is 12.8. The molecule has 3 aromatic heterocycles. The number of nitrogens with one attached hydrogen (secondary N) is 1. The van der Waals surface area contributed by atoms with Gasteiger partial charge in [-0.15, -0.1) is 11.3 Å². The summed E-state index contributed by atoms with van der Waals surface area (Å²) in [6, 6.07) is 15.7. The molecule has 0 radical (unpaired) electrons. The number of aryl methyl sites for hydroxylation is 2. The van der Waals surface area contributed by atoms with Gasteiger partial charge in [0.25, 0.3) is 11.6 Å². The number of benzene rings is 2. The van der Waals surface area contributed by atoms with Crippen LogP contribution in [0.2, 0.25) is 0 Å². The Bertz CT molecular complexity index is 1500. The van der Waals surface area contributed by atoms with Gasteiger partial charge in [-0.25, -0.2) is 4.98 Å². The number of hydrogen-bond acceptors (Lipinski definition) is 7. The van der Waals surface area contributed by atoms with E-state index >= 15 is 0 Å². The molecular weight excluding hydrogens is 442 g/mol. The van der Waals surface area contributed by atoms with E-state index in [0.717, 1.165) is 11.0 Å². The lowest BCUT2D eigenvalue weighted by molar-refractivity contribution is -0.385. The van der Waals surface area contributed by atoms with Crippen molar-refractivity contribution in [2.45, 2.75) is 13.8 Å². The molecule has 3 heterocycles. The highest BCUT2D eigenvalue weighted by molar-refractivity contribution is 7.12. The smallest absolute Gasteiger partial charge is 0.273 e. The minimum Gasteiger partial charge on any atom is -0.454 e. The van der Waals surface area contributed by atoms with E-state index < -0.39 is 10.8 Å². The molecule has 0 atom stereocenters. The Kier molecular flexibility index (Phi) is 4.98. The average Bonchev–Trinajstić information content (AvgIpc) is 3.51. The number of carbonyl (C=O) groups is 1. The zero-order valence-electron chi connectivity index (χ0n) is 17.6. The van der Waals surface area contributed by atoms with Gasteiger partial charge >= 0.3 is 0 Å². The van der Waals surface area contributed by atoms with Crippen molar-refractivity contribution in [2.75, 3.05) is 5.32 Å². The van der Waals surface area contributed by atoms with E-state index in [1.54, 1.807) is 32.0 Å². The van der Waals surface area contributed by atoms with Crippen molar-refractivity contribution in [3.63, 3.8) is 0 Å². The molecule has 0 saturated heterocycles. The quantitative estimate of drug-likeness (QED) is 0.273. The Morgan fingerprint density at radius 3 is 2.76 bits per heavy atom. The molecule has 0 aliphatic heterocycles. The van der Waals surface area contributed by atoms with Gasteiger partial charge in [0.1, 0.15) is 17.1 Å². The summed E-state index contributed by atoms with van der Waals surface area (Å²) in [5, 5.41) is 21.8. The molecule has 0 aliphatic rings. The predicted molar refractivity (Wildman–Crippen MR) is 125 cm³/mol. The highest BCUT2D eigenvalue weighted by atomic mass is 32.1. The van der Waals surface area contributed by atoms with Crippen LogP contribution in [0.4, 0.5) is 11.5 Å². The number of anilines is 1. The number of fused-ring (bicyclic) bond motifs is 1. The summed E-state index contributed by atoms with van der Waals surface area (Å²) in [6.45, 7) is 3.43. The Morgan fingerprint density at radius 1 is 1.15 bits per heavy atom. The van der Waals surface area contributed by atoms with Crippen molar-refractivity contribution in [3.8, 4) is 16.6 Å². The fraction of sp³-hybridized carbons (Fsp3) is 0.0870. The molecular formula is C23H17N5O4S. The van der Waals surface area contributed by atoms with Crippen LogP contribution in [0.5, 0.6) is 0 Å². The van der Waals surface area contributed by atoms with Gasteiger partial charge in [0.2, 0.25) is 5.13 Å². The van der Waals surface area contributed by atoms with E-state index in [4.69, 9.17) is 4.42 Å². The number of para-hydroxylation sites is 1. The molecule has 0 spiro atoms. The molecule has 0 unspecified atom stereocenters. The summed E-state index contributed by atoms with van der Waals surface area (Å²) in [6.07, 6.45) is 0. The minimum atomic E-state index is -0.504. The maximum absolute atomic E-state index is 12.8. The van der Waals surface area contributed by atoms with Gasteiger partial charge in [0.05, 0.1) is 10.6 Å².